The molecule has 1 aromatic rings. The van der Waals surface area contributed by atoms with Crippen LogP contribution in [0.2, 0.25) is 0 Å². The van der Waals surface area contributed by atoms with Crippen molar-refractivity contribution in [2.45, 2.75) is 13.3 Å². The van der Waals surface area contributed by atoms with Crippen LogP contribution in [0.25, 0.3) is 0 Å². The zero-order valence-electron chi connectivity index (χ0n) is 16.4. The van der Waals surface area contributed by atoms with Gasteiger partial charge in [-0.3, -0.25) is 9.59 Å². The average Bonchev–Trinajstić information content (AvgIpc) is 2.72. The first kappa shape index (κ1) is 21.3. The van der Waals surface area contributed by atoms with Crippen molar-refractivity contribution in [3.63, 3.8) is 0 Å². The van der Waals surface area contributed by atoms with E-state index in [1.807, 2.05) is 0 Å². The molecule has 1 heterocycles. The number of carbonyl (C=O) groups excluding carboxylic acids is 3. The third-order valence-electron chi connectivity index (χ3n) is 4.31. The Morgan fingerprint density at radius 3 is 2.18 bits per heavy atom. The van der Waals surface area contributed by atoms with Gasteiger partial charge in [0.25, 0.3) is 5.91 Å². The summed E-state index contributed by atoms with van der Waals surface area (Å²) in [5.74, 6) is 0.287. The minimum Gasteiger partial charge on any atom is -0.493 e. The molecule has 0 spiro atoms. The molecule has 1 fully saturated rings. The fraction of sp³-hybridized carbons (Fsp3) is 0.526. The van der Waals surface area contributed by atoms with E-state index >= 15 is 0 Å². The van der Waals surface area contributed by atoms with E-state index in [0.29, 0.717) is 49.8 Å². The van der Waals surface area contributed by atoms with E-state index in [1.165, 1.54) is 14.2 Å². The largest absolute Gasteiger partial charge is 0.493 e. The van der Waals surface area contributed by atoms with Gasteiger partial charge in [0.1, 0.15) is 0 Å². The van der Waals surface area contributed by atoms with Gasteiger partial charge in [-0.1, -0.05) is 6.07 Å². The monoisotopic (exact) mass is 394 g/mol. The summed E-state index contributed by atoms with van der Waals surface area (Å²) in [5, 5.41) is 0. The van der Waals surface area contributed by atoms with Crippen LogP contribution in [-0.2, 0) is 25.5 Å². The maximum Gasteiger partial charge on any atom is 0.409 e. The smallest absolute Gasteiger partial charge is 0.409 e. The molecule has 0 radical (unpaired) electrons. The molecule has 28 heavy (non-hydrogen) atoms. The molecule has 1 aliphatic rings. The van der Waals surface area contributed by atoms with Crippen LogP contribution in [0.15, 0.2) is 18.2 Å². The second-order valence-corrected chi connectivity index (χ2v) is 6.09. The molecule has 9 heteroatoms. The minimum absolute atomic E-state index is 0.0181. The quantitative estimate of drug-likeness (QED) is 0.639. The average molecular weight is 394 g/mol. The van der Waals surface area contributed by atoms with Gasteiger partial charge < -0.3 is 28.7 Å². The van der Waals surface area contributed by atoms with Gasteiger partial charge in [0.2, 0.25) is 0 Å². The Labute approximate surface area is 164 Å². The van der Waals surface area contributed by atoms with Gasteiger partial charge in [-0.2, -0.15) is 0 Å². The summed E-state index contributed by atoms with van der Waals surface area (Å²) in [6.45, 7) is 3.28. The van der Waals surface area contributed by atoms with E-state index in [0.717, 1.165) is 0 Å². The van der Waals surface area contributed by atoms with Gasteiger partial charge >= 0.3 is 12.1 Å². The van der Waals surface area contributed by atoms with Gasteiger partial charge in [0.05, 0.1) is 27.2 Å². The highest BCUT2D eigenvalue weighted by Gasteiger charge is 2.25. The molecule has 0 unspecified atom stereocenters. The summed E-state index contributed by atoms with van der Waals surface area (Å²) in [6.07, 6.45) is -0.361. The van der Waals surface area contributed by atoms with Crippen LogP contribution in [0, 0.1) is 0 Å². The first-order chi connectivity index (χ1) is 13.5. The highest BCUT2D eigenvalue weighted by atomic mass is 16.6. The Morgan fingerprint density at radius 2 is 1.57 bits per heavy atom. The summed E-state index contributed by atoms with van der Waals surface area (Å²) < 4.78 is 20.4. The van der Waals surface area contributed by atoms with Crippen LogP contribution in [0.3, 0.4) is 0 Å². The van der Waals surface area contributed by atoms with Crippen LogP contribution in [0.5, 0.6) is 11.5 Å². The van der Waals surface area contributed by atoms with Crippen LogP contribution in [0.4, 0.5) is 4.79 Å². The summed E-state index contributed by atoms with van der Waals surface area (Å²) in [5.41, 5.74) is 0.693. The molecular weight excluding hydrogens is 368 g/mol. The Kier molecular flexibility index (Phi) is 7.91. The predicted octanol–water partition coefficient (Wildman–Crippen LogP) is 1.09. The van der Waals surface area contributed by atoms with Crippen LogP contribution in [-0.4, -0.2) is 81.4 Å². The van der Waals surface area contributed by atoms with Gasteiger partial charge in [0, 0.05) is 26.2 Å². The normalized spacial score (nSPS) is 13.7. The number of carbonyl (C=O) groups is 3. The molecule has 0 N–H and O–H groups in total. The van der Waals surface area contributed by atoms with Crippen molar-refractivity contribution in [3.05, 3.63) is 23.8 Å². The van der Waals surface area contributed by atoms with Gasteiger partial charge in [-0.05, 0) is 24.6 Å². The summed E-state index contributed by atoms with van der Waals surface area (Å²) in [4.78, 5) is 39.0. The third kappa shape index (κ3) is 5.77. The molecular formula is C19H26N2O7. The summed E-state index contributed by atoms with van der Waals surface area (Å²) >= 11 is 0. The minimum atomic E-state index is -0.509. The van der Waals surface area contributed by atoms with Gasteiger partial charge in [0.15, 0.2) is 18.1 Å². The van der Waals surface area contributed by atoms with Crippen LogP contribution < -0.4 is 9.47 Å². The van der Waals surface area contributed by atoms with Crippen molar-refractivity contribution in [2.75, 3.05) is 53.6 Å². The van der Waals surface area contributed by atoms with Gasteiger partial charge in [-0.15, -0.1) is 0 Å². The van der Waals surface area contributed by atoms with Crippen molar-refractivity contribution in [1.29, 1.82) is 0 Å². The third-order valence-corrected chi connectivity index (χ3v) is 4.31. The number of hydrogen-bond donors (Lipinski definition) is 0. The Morgan fingerprint density at radius 1 is 0.929 bits per heavy atom. The molecule has 0 bridgehead atoms. The number of hydrogen-bond acceptors (Lipinski definition) is 7. The first-order valence-electron chi connectivity index (χ1n) is 9.04. The van der Waals surface area contributed by atoms with E-state index in [9.17, 15) is 14.4 Å². The SMILES string of the molecule is CCOC(=O)N1CCN(C(=O)COC(=O)Cc2ccc(OC)c(OC)c2)CC1. The molecule has 0 aliphatic carbocycles. The van der Waals surface area contributed by atoms with Crippen LogP contribution in [0.1, 0.15) is 12.5 Å². The molecule has 2 rings (SSSR count). The van der Waals surface area contributed by atoms with Crippen LogP contribution >= 0.6 is 0 Å². The van der Waals surface area contributed by atoms with Gasteiger partial charge in [-0.25, -0.2) is 4.79 Å². The Balaban J connectivity index is 1.77. The topological polar surface area (TPSA) is 94.6 Å². The van der Waals surface area contributed by atoms with E-state index in [4.69, 9.17) is 18.9 Å². The Hall–Kier alpha value is -2.97. The molecule has 9 nitrogen and oxygen atoms in total. The second-order valence-electron chi connectivity index (χ2n) is 6.09. The van der Waals surface area contributed by atoms with Crippen molar-refractivity contribution in [2.24, 2.45) is 0 Å². The van der Waals surface area contributed by atoms with E-state index < -0.39 is 5.97 Å². The fourth-order valence-corrected chi connectivity index (χ4v) is 2.79. The molecule has 1 aliphatic heterocycles. The van der Waals surface area contributed by atoms with E-state index in [-0.39, 0.29) is 25.0 Å². The zero-order valence-corrected chi connectivity index (χ0v) is 16.4. The standard InChI is InChI=1S/C19H26N2O7/c1-4-27-19(24)21-9-7-20(8-10-21)17(22)13-28-18(23)12-14-5-6-15(25-2)16(11-14)26-3/h5-6,11H,4,7-10,12-13H2,1-3H3. The maximum atomic E-state index is 12.2. The number of nitrogens with zero attached hydrogens (tertiary/aromatic N) is 2. The molecule has 2 amide bonds. The lowest BCUT2D eigenvalue weighted by molar-refractivity contribution is -0.152. The van der Waals surface area contributed by atoms with Crippen molar-refractivity contribution in [1.82, 2.24) is 9.80 Å². The highest BCUT2D eigenvalue weighted by molar-refractivity contribution is 5.81. The first-order valence-corrected chi connectivity index (χ1v) is 9.04. The summed E-state index contributed by atoms with van der Waals surface area (Å²) in [7, 11) is 3.05. The molecule has 1 aromatic carbocycles. The van der Waals surface area contributed by atoms with E-state index in [1.54, 1.807) is 34.9 Å². The highest BCUT2D eigenvalue weighted by Crippen LogP contribution is 2.27. The van der Waals surface area contributed by atoms with Crippen molar-refractivity contribution in [3.8, 4) is 11.5 Å². The van der Waals surface area contributed by atoms with Crippen molar-refractivity contribution >= 4 is 18.0 Å². The lowest BCUT2D eigenvalue weighted by Crippen LogP contribution is -2.51. The molecule has 0 atom stereocenters. The molecule has 154 valence electrons. The molecule has 0 aromatic heterocycles. The Bertz CT molecular complexity index is 700. The number of methoxy groups -OCH3 is 2. The summed E-state index contributed by atoms with van der Waals surface area (Å²) in [6, 6.07) is 5.13. The van der Waals surface area contributed by atoms with E-state index in [2.05, 4.69) is 0 Å². The van der Waals surface area contributed by atoms with Crippen molar-refractivity contribution < 1.29 is 33.3 Å². The second kappa shape index (κ2) is 10.4. The lowest BCUT2D eigenvalue weighted by atomic mass is 10.1. The zero-order chi connectivity index (χ0) is 20.5. The molecule has 0 saturated carbocycles. The number of esters is 1. The maximum absolute atomic E-state index is 12.2. The molecule has 1 saturated heterocycles. The number of rotatable bonds is 7. The lowest BCUT2D eigenvalue weighted by Gasteiger charge is -2.33. The number of amides is 2. The predicted molar refractivity (Wildman–Crippen MR) is 99.4 cm³/mol. The fourth-order valence-electron chi connectivity index (χ4n) is 2.79. The number of benzene rings is 1. The number of piperazine rings is 1. The number of ether oxygens (including phenoxy) is 4.